The lowest BCUT2D eigenvalue weighted by molar-refractivity contribution is -0.0647. The molecule has 0 amide bonds. The Balaban J connectivity index is 1.74. The molecule has 2 saturated carbocycles. The van der Waals surface area contributed by atoms with Gasteiger partial charge in [0.2, 0.25) is 0 Å². The molecule has 0 heterocycles. The molecule has 1 aromatic rings. The second kappa shape index (κ2) is 5.27. The summed E-state index contributed by atoms with van der Waals surface area (Å²) < 4.78 is 5.47. The molecule has 0 aliphatic heterocycles. The number of rotatable bonds is 1. The number of hydrogen-bond donors (Lipinski definition) is 1. The first-order valence-corrected chi connectivity index (χ1v) is 9.31. The number of aliphatic hydroxyl groups is 1. The van der Waals surface area contributed by atoms with Gasteiger partial charge in [0.25, 0.3) is 0 Å². The van der Waals surface area contributed by atoms with Crippen molar-refractivity contribution >= 4 is 0 Å². The Morgan fingerprint density at radius 1 is 1.25 bits per heavy atom. The summed E-state index contributed by atoms with van der Waals surface area (Å²) in [5, 5.41) is 11.0. The van der Waals surface area contributed by atoms with Gasteiger partial charge in [0.15, 0.2) is 0 Å². The molecule has 2 nitrogen and oxygen atoms in total. The van der Waals surface area contributed by atoms with Crippen LogP contribution in [0.1, 0.15) is 61.6 Å². The molecule has 1 aromatic carbocycles. The highest BCUT2D eigenvalue weighted by molar-refractivity contribution is 5.46. The molecule has 0 aromatic heterocycles. The Kier molecular flexibility index (Phi) is 3.52. The molecule has 128 valence electrons. The minimum atomic E-state index is -0.905. The van der Waals surface area contributed by atoms with Crippen molar-refractivity contribution in [2.24, 2.45) is 17.3 Å². The maximum absolute atomic E-state index is 11.0. The van der Waals surface area contributed by atoms with Crippen LogP contribution < -0.4 is 4.74 Å². The van der Waals surface area contributed by atoms with Crippen molar-refractivity contribution in [3.63, 3.8) is 0 Å². The average molecular weight is 324 g/mol. The molecule has 0 spiro atoms. The highest BCUT2D eigenvalue weighted by Gasteiger charge is 2.61. The predicted octanol–water partition coefficient (Wildman–Crippen LogP) is 4.22. The molecule has 1 N–H and O–H groups in total. The topological polar surface area (TPSA) is 29.5 Å². The minimum Gasteiger partial charge on any atom is -0.497 e. The van der Waals surface area contributed by atoms with Crippen molar-refractivity contribution in [1.29, 1.82) is 0 Å². The first-order valence-electron chi connectivity index (χ1n) is 9.31. The molecular weight excluding hydrogens is 296 g/mol. The molecule has 2 heteroatoms. The Morgan fingerprint density at radius 3 is 2.75 bits per heavy atom. The Labute approximate surface area is 145 Å². The van der Waals surface area contributed by atoms with Gasteiger partial charge in [-0.1, -0.05) is 12.8 Å². The molecule has 4 unspecified atom stereocenters. The SMILES string of the molecule is C#C[C@@]1(O)CCC2C3CCc4cc(OC)cc(C)c4C3CCC21C. The molecule has 5 atom stereocenters. The highest BCUT2D eigenvalue weighted by Crippen LogP contribution is 2.64. The molecule has 3 aliphatic carbocycles. The lowest BCUT2D eigenvalue weighted by Crippen LogP contribution is -2.50. The van der Waals surface area contributed by atoms with Crippen LogP contribution in [0.4, 0.5) is 0 Å². The van der Waals surface area contributed by atoms with Gasteiger partial charge in [0.05, 0.1) is 7.11 Å². The summed E-state index contributed by atoms with van der Waals surface area (Å²) in [6, 6.07) is 4.42. The monoisotopic (exact) mass is 324 g/mol. The molecule has 3 aliphatic rings. The number of methoxy groups -OCH3 is 1. The van der Waals surface area contributed by atoms with Crippen LogP contribution in [0, 0.1) is 36.5 Å². The smallest absolute Gasteiger partial charge is 0.130 e. The quantitative estimate of drug-likeness (QED) is 0.784. The van der Waals surface area contributed by atoms with E-state index in [1.54, 1.807) is 12.7 Å². The van der Waals surface area contributed by atoms with Gasteiger partial charge in [-0.15, -0.1) is 6.42 Å². The standard InChI is InChI=1S/C22H28O2/c1-5-22(23)11-9-19-17-7-6-15-13-16(24-4)12-14(2)20(15)18(17)8-10-21(19,22)3/h1,12-13,17-19,23H,6-11H2,2-4H3/t17?,18?,19?,21?,22-/m1/s1. The first kappa shape index (κ1) is 16.0. The van der Waals surface area contributed by atoms with E-state index >= 15 is 0 Å². The Morgan fingerprint density at radius 2 is 2.04 bits per heavy atom. The van der Waals surface area contributed by atoms with Crippen LogP contribution in [0.2, 0.25) is 0 Å². The van der Waals surface area contributed by atoms with Crippen LogP contribution in [0.5, 0.6) is 5.75 Å². The lowest BCUT2D eigenvalue weighted by Gasteiger charge is -2.52. The summed E-state index contributed by atoms with van der Waals surface area (Å²) in [5.74, 6) is 5.57. The van der Waals surface area contributed by atoms with Crippen LogP contribution in [0.15, 0.2) is 12.1 Å². The van der Waals surface area contributed by atoms with E-state index in [1.165, 1.54) is 17.5 Å². The molecule has 0 radical (unpaired) electrons. The summed E-state index contributed by atoms with van der Waals surface area (Å²) in [7, 11) is 1.75. The second-order valence-electron chi connectivity index (χ2n) is 8.43. The fourth-order valence-corrected chi connectivity index (χ4v) is 6.31. The first-order chi connectivity index (χ1) is 11.4. The van der Waals surface area contributed by atoms with Gasteiger partial charge in [-0.2, -0.15) is 0 Å². The predicted molar refractivity (Wildman–Crippen MR) is 96.1 cm³/mol. The van der Waals surface area contributed by atoms with E-state index in [4.69, 9.17) is 11.2 Å². The second-order valence-corrected chi connectivity index (χ2v) is 8.43. The number of ether oxygens (including phenoxy) is 1. The maximum Gasteiger partial charge on any atom is 0.130 e. The number of terminal acetylenes is 1. The summed E-state index contributed by atoms with van der Waals surface area (Å²) >= 11 is 0. The number of fused-ring (bicyclic) bond motifs is 5. The van der Waals surface area contributed by atoms with Gasteiger partial charge >= 0.3 is 0 Å². The van der Waals surface area contributed by atoms with Crippen molar-refractivity contribution < 1.29 is 9.84 Å². The van der Waals surface area contributed by atoms with Crippen molar-refractivity contribution in [1.82, 2.24) is 0 Å². The lowest BCUT2D eigenvalue weighted by atomic mass is 9.53. The van der Waals surface area contributed by atoms with Gasteiger partial charge in [0.1, 0.15) is 11.4 Å². The van der Waals surface area contributed by atoms with Gasteiger partial charge in [-0.05, 0) is 92.0 Å². The number of hydrogen-bond acceptors (Lipinski definition) is 2. The third-order valence-corrected chi connectivity index (χ3v) is 7.63. The molecule has 4 rings (SSSR count). The van der Waals surface area contributed by atoms with Crippen LogP contribution >= 0.6 is 0 Å². The maximum atomic E-state index is 11.0. The third-order valence-electron chi connectivity index (χ3n) is 7.63. The summed E-state index contributed by atoms with van der Waals surface area (Å²) in [4.78, 5) is 0. The molecule has 0 saturated heterocycles. The number of aryl methyl sites for hydroxylation is 2. The average Bonchev–Trinajstić information content (AvgIpc) is 2.86. The van der Waals surface area contributed by atoms with Gasteiger partial charge in [0, 0.05) is 5.41 Å². The van der Waals surface area contributed by atoms with E-state index in [0.717, 1.165) is 37.9 Å². The minimum absolute atomic E-state index is 0.110. The normalized spacial score (nSPS) is 40.2. The zero-order valence-corrected chi connectivity index (χ0v) is 15.1. The fourth-order valence-electron chi connectivity index (χ4n) is 6.31. The van der Waals surface area contributed by atoms with Gasteiger partial charge in [-0.25, -0.2) is 0 Å². The van der Waals surface area contributed by atoms with Crippen molar-refractivity contribution in [2.75, 3.05) is 7.11 Å². The highest BCUT2D eigenvalue weighted by atomic mass is 16.5. The molecular formula is C22H28O2. The van der Waals surface area contributed by atoms with Gasteiger partial charge < -0.3 is 9.84 Å². The van der Waals surface area contributed by atoms with Crippen LogP contribution in [0.3, 0.4) is 0 Å². The summed E-state index contributed by atoms with van der Waals surface area (Å²) in [6.45, 7) is 4.47. The summed E-state index contributed by atoms with van der Waals surface area (Å²) in [5.41, 5.74) is 3.39. The zero-order valence-electron chi connectivity index (χ0n) is 15.1. The Bertz CT molecular complexity index is 715. The van der Waals surface area contributed by atoms with Crippen LogP contribution in [-0.4, -0.2) is 17.8 Å². The fraction of sp³-hybridized carbons (Fsp3) is 0.636. The van der Waals surface area contributed by atoms with E-state index in [1.807, 2.05) is 0 Å². The number of benzene rings is 1. The van der Waals surface area contributed by atoms with Crippen molar-refractivity contribution in [3.05, 3.63) is 28.8 Å². The van der Waals surface area contributed by atoms with E-state index in [-0.39, 0.29) is 5.41 Å². The van der Waals surface area contributed by atoms with Gasteiger partial charge in [-0.3, -0.25) is 0 Å². The third kappa shape index (κ3) is 1.94. The van der Waals surface area contributed by atoms with Crippen LogP contribution in [0.25, 0.3) is 0 Å². The molecule has 24 heavy (non-hydrogen) atoms. The van der Waals surface area contributed by atoms with E-state index in [2.05, 4.69) is 31.9 Å². The zero-order chi connectivity index (χ0) is 17.1. The largest absolute Gasteiger partial charge is 0.497 e. The van der Waals surface area contributed by atoms with Crippen molar-refractivity contribution in [3.8, 4) is 18.1 Å². The van der Waals surface area contributed by atoms with E-state index < -0.39 is 5.60 Å². The Hall–Kier alpha value is -1.46. The molecule has 2 fully saturated rings. The van der Waals surface area contributed by atoms with Crippen molar-refractivity contribution in [2.45, 2.75) is 63.9 Å². The summed E-state index contributed by atoms with van der Waals surface area (Å²) in [6.07, 6.45) is 12.1. The van der Waals surface area contributed by atoms with E-state index in [0.29, 0.717) is 17.8 Å². The molecule has 0 bridgehead atoms. The van der Waals surface area contributed by atoms with Crippen LogP contribution in [-0.2, 0) is 6.42 Å². The van der Waals surface area contributed by atoms with E-state index in [9.17, 15) is 5.11 Å².